The van der Waals surface area contributed by atoms with Gasteiger partial charge < -0.3 is 10.6 Å². The van der Waals surface area contributed by atoms with Crippen LogP contribution in [-0.2, 0) is 0 Å². The van der Waals surface area contributed by atoms with Crippen LogP contribution in [0.3, 0.4) is 0 Å². The molecule has 2 N–H and O–H groups in total. The van der Waals surface area contributed by atoms with Crippen molar-refractivity contribution in [1.29, 1.82) is 0 Å². The van der Waals surface area contributed by atoms with Crippen LogP contribution in [0, 0.1) is 0 Å². The van der Waals surface area contributed by atoms with Crippen LogP contribution in [-0.4, -0.2) is 29.8 Å². The first-order valence-electron chi connectivity index (χ1n) is 4.34. The SMILES string of the molecule is CNC(C[SiH2]C(C)(C)C)NC. The summed E-state index contributed by atoms with van der Waals surface area (Å²) in [5.41, 5.74) is 0. The van der Waals surface area contributed by atoms with Gasteiger partial charge in [-0.25, -0.2) is 0 Å². The molecule has 68 valence electrons. The zero-order valence-electron chi connectivity index (χ0n) is 8.49. The van der Waals surface area contributed by atoms with E-state index in [0.29, 0.717) is 11.2 Å². The summed E-state index contributed by atoms with van der Waals surface area (Å²) in [5.74, 6) is 0. The summed E-state index contributed by atoms with van der Waals surface area (Å²) in [4.78, 5) is 0. The Balaban J connectivity index is 3.51. The third-order valence-corrected chi connectivity index (χ3v) is 4.25. The van der Waals surface area contributed by atoms with Gasteiger partial charge in [0.05, 0.1) is 6.17 Å². The Bertz CT molecular complexity index is 94.8. The molecule has 0 aromatic carbocycles. The van der Waals surface area contributed by atoms with Gasteiger partial charge in [0.1, 0.15) is 0 Å². The molecule has 0 amide bonds. The Labute approximate surface area is 73.0 Å². The van der Waals surface area contributed by atoms with E-state index in [2.05, 4.69) is 31.4 Å². The topological polar surface area (TPSA) is 24.1 Å². The zero-order valence-corrected chi connectivity index (χ0v) is 9.91. The predicted molar refractivity (Wildman–Crippen MR) is 55.0 cm³/mol. The van der Waals surface area contributed by atoms with Gasteiger partial charge in [0.2, 0.25) is 0 Å². The third-order valence-electron chi connectivity index (χ3n) is 1.88. The summed E-state index contributed by atoms with van der Waals surface area (Å²) in [6, 6.07) is 1.33. The maximum Gasteiger partial charge on any atom is 0.0537 e. The van der Waals surface area contributed by atoms with Crippen molar-refractivity contribution in [1.82, 2.24) is 10.6 Å². The standard InChI is InChI=1S/C8H22N2Si/c1-8(2,3)11-6-7(9-4)10-5/h7,9-10H,6,11H2,1-5H3. The van der Waals surface area contributed by atoms with Gasteiger partial charge in [0.25, 0.3) is 0 Å². The molecule has 0 unspecified atom stereocenters. The van der Waals surface area contributed by atoms with Gasteiger partial charge in [-0.05, 0) is 25.2 Å². The fourth-order valence-corrected chi connectivity index (χ4v) is 2.74. The van der Waals surface area contributed by atoms with Gasteiger partial charge in [0.15, 0.2) is 0 Å². The maximum atomic E-state index is 3.25. The van der Waals surface area contributed by atoms with Crippen molar-refractivity contribution >= 4 is 9.52 Å². The van der Waals surface area contributed by atoms with Crippen LogP contribution >= 0.6 is 0 Å². The summed E-state index contributed by atoms with van der Waals surface area (Å²) in [7, 11) is 4.08. The fourth-order valence-electron chi connectivity index (χ4n) is 1.01. The summed E-state index contributed by atoms with van der Waals surface area (Å²) < 4.78 is 0. The van der Waals surface area contributed by atoms with E-state index in [-0.39, 0.29) is 9.52 Å². The smallest absolute Gasteiger partial charge is 0.0537 e. The van der Waals surface area contributed by atoms with Crippen LogP contribution in [0.5, 0.6) is 0 Å². The molecule has 0 aromatic heterocycles. The number of hydrogen-bond acceptors (Lipinski definition) is 2. The molecule has 0 bridgehead atoms. The van der Waals surface area contributed by atoms with E-state index in [4.69, 9.17) is 0 Å². The van der Waals surface area contributed by atoms with E-state index in [1.165, 1.54) is 6.04 Å². The van der Waals surface area contributed by atoms with Crippen LogP contribution in [0.4, 0.5) is 0 Å². The van der Waals surface area contributed by atoms with Crippen LogP contribution in [0.25, 0.3) is 0 Å². The zero-order chi connectivity index (χ0) is 8.91. The first kappa shape index (κ1) is 11.1. The summed E-state index contributed by atoms with van der Waals surface area (Å²) in [6.07, 6.45) is 0.529. The van der Waals surface area contributed by atoms with Gasteiger partial charge in [-0.15, -0.1) is 0 Å². The maximum absolute atomic E-state index is 3.25. The monoisotopic (exact) mass is 174 g/mol. The second-order valence-corrected chi connectivity index (χ2v) is 7.43. The minimum Gasteiger partial charge on any atom is -0.305 e. The van der Waals surface area contributed by atoms with Crippen LogP contribution < -0.4 is 10.6 Å². The van der Waals surface area contributed by atoms with Crippen LogP contribution in [0.15, 0.2) is 0 Å². The lowest BCUT2D eigenvalue weighted by atomic mass is 10.2. The molecule has 0 saturated carbocycles. The van der Waals surface area contributed by atoms with E-state index < -0.39 is 0 Å². The van der Waals surface area contributed by atoms with E-state index in [1.54, 1.807) is 0 Å². The van der Waals surface area contributed by atoms with Crippen molar-refractivity contribution in [3.63, 3.8) is 0 Å². The molecule has 0 heterocycles. The highest BCUT2D eigenvalue weighted by molar-refractivity contribution is 6.39. The Hall–Kier alpha value is 0.137. The van der Waals surface area contributed by atoms with E-state index >= 15 is 0 Å². The average Bonchev–Trinajstić information content (AvgIpc) is 1.88. The Morgan fingerprint density at radius 2 is 1.64 bits per heavy atom. The summed E-state index contributed by atoms with van der Waals surface area (Å²) in [5, 5.41) is 7.09. The predicted octanol–water partition coefficient (Wildman–Crippen LogP) is 0.557. The number of hydrogen-bond donors (Lipinski definition) is 2. The van der Waals surface area contributed by atoms with Crippen LogP contribution in [0.2, 0.25) is 11.1 Å². The quantitative estimate of drug-likeness (QED) is 0.481. The normalized spacial score (nSPS) is 13.6. The molecule has 0 aliphatic heterocycles. The molecule has 0 aliphatic carbocycles. The van der Waals surface area contributed by atoms with Gasteiger partial charge >= 0.3 is 0 Å². The molecular formula is C8H22N2Si. The van der Waals surface area contributed by atoms with Crippen molar-refractivity contribution in [2.75, 3.05) is 14.1 Å². The lowest BCUT2D eigenvalue weighted by Crippen LogP contribution is -2.39. The first-order valence-corrected chi connectivity index (χ1v) is 6.05. The van der Waals surface area contributed by atoms with Gasteiger partial charge in [0, 0.05) is 9.52 Å². The lowest BCUT2D eigenvalue weighted by Gasteiger charge is -2.21. The molecule has 0 atom stereocenters. The molecule has 0 saturated heterocycles. The molecule has 2 nitrogen and oxygen atoms in total. The van der Waals surface area contributed by atoms with E-state index in [1.807, 2.05) is 14.1 Å². The molecular weight excluding hydrogens is 152 g/mol. The van der Waals surface area contributed by atoms with Crippen LogP contribution in [0.1, 0.15) is 20.8 Å². The van der Waals surface area contributed by atoms with Crippen molar-refractivity contribution in [3.8, 4) is 0 Å². The molecule has 0 aromatic rings. The highest BCUT2D eigenvalue weighted by atomic mass is 28.2. The lowest BCUT2D eigenvalue weighted by molar-refractivity contribution is 0.530. The Morgan fingerprint density at radius 1 is 1.18 bits per heavy atom. The number of rotatable bonds is 4. The Kier molecular flexibility index (Phi) is 4.96. The molecule has 0 rings (SSSR count). The largest absolute Gasteiger partial charge is 0.305 e. The van der Waals surface area contributed by atoms with Gasteiger partial charge in [-0.1, -0.05) is 20.8 Å². The van der Waals surface area contributed by atoms with Crippen molar-refractivity contribution in [2.24, 2.45) is 0 Å². The molecule has 0 aliphatic rings. The van der Waals surface area contributed by atoms with Crippen molar-refractivity contribution < 1.29 is 0 Å². The molecule has 0 spiro atoms. The van der Waals surface area contributed by atoms with Crippen molar-refractivity contribution in [3.05, 3.63) is 0 Å². The minimum atomic E-state index is 0.0552. The minimum absolute atomic E-state index is 0.0552. The highest BCUT2D eigenvalue weighted by Gasteiger charge is 2.13. The average molecular weight is 174 g/mol. The fraction of sp³-hybridized carbons (Fsp3) is 1.00. The molecule has 0 fully saturated rings. The molecule has 0 radical (unpaired) electrons. The summed E-state index contributed by atoms with van der Waals surface area (Å²) in [6.45, 7) is 7.00. The van der Waals surface area contributed by atoms with E-state index in [9.17, 15) is 0 Å². The third kappa shape index (κ3) is 6.53. The molecule has 3 heteroatoms. The Morgan fingerprint density at radius 3 is 1.91 bits per heavy atom. The van der Waals surface area contributed by atoms with Crippen molar-refractivity contribution in [2.45, 2.75) is 38.0 Å². The summed E-state index contributed by atoms with van der Waals surface area (Å²) >= 11 is 0. The highest BCUT2D eigenvalue weighted by Crippen LogP contribution is 2.21. The molecule has 11 heavy (non-hydrogen) atoms. The van der Waals surface area contributed by atoms with Gasteiger partial charge in [-0.2, -0.15) is 0 Å². The second kappa shape index (κ2) is 4.90. The second-order valence-electron chi connectivity index (χ2n) is 4.23. The van der Waals surface area contributed by atoms with E-state index in [0.717, 1.165) is 0 Å². The first-order chi connectivity index (χ1) is 4.99. The number of nitrogens with one attached hydrogen (secondary N) is 2. The van der Waals surface area contributed by atoms with Gasteiger partial charge in [-0.3, -0.25) is 0 Å².